The van der Waals surface area contributed by atoms with E-state index in [4.69, 9.17) is 5.73 Å². The zero-order valence-corrected chi connectivity index (χ0v) is 14.9. The summed E-state index contributed by atoms with van der Waals surface area (Å²) in [5.74, 6) is 1.28. The summed E-state index contributed by atoms with van der Waals surface area (Å²) < 4.78 is 0. The van der Waals surface area contributed by atoms with Gasteiger partial charge in [0.05, 0.1) is 5.69 Å². The van der Waals surface area contributed by atoms with Gasteiger partial charge in [-0.2, -0.15) is 4.98 Å². The number of rotatable bonds is 9. The Morgan fingerprint density at radius 2 is 1.96 bits per heavy atom. The van der Waals surface area contributed by atoms with Gasteiger partial charge < -0.3 is 21.3 Å². The predicted molar refractivity (Wildman–Crippen MR) is 103 cm³/mol. The van der Waals surface area contributed by atoms with E-state index in [1.165, 1.54) is 12.0 Å². The number of nitrogens with zero attached hydrogens (tertiary/aromatic N) is 3. The molecule has 0 saturated carbocycles. The molecule has 0 bridgehead atoms. The number of nitrogen functional groups attached to an aromatic ring is 1. The maximum absolute atomic E-state index is 5.87. The van der Waals surface area contributed by atoms with Crippen molar-refractivity contribution in [2.75, 3.05) is 37.3 Å². The minimum absolute atomic E-state index is 0.353. The molecule has 0 spiro atoms. The third-order valence-corrected chi connectivity index (χ3v) is 4.61. The average molecular weight is 340 g/mol. The van der Waals surface area contributed by atoms with Crippen LogP contribution in [-0.2, 0) is 13.0 Å². The number of aromatic nitrogens is 2. The van der Waals surface area contributed by atoms with E-state index in [2.05, 4.69) is 55.8 Å². The van der Waals surface area contributed by atoms with Gasteiger partial charge in [0, 0.05) is 31.7 Å². The molecule has 1 aliphatic heterocycles. The van der Waals surface area contributed by atoms with Crippen LogP contribution >= 0.6 is 0 Å². The zero-order valence-electron chi connectivity index (χ0n) is 14.9. The van der Waals surface area contributed by atoms with Gasteiger partial charge in [-0.1, -0.05) is 30.3 Å². The van der Waals surface area contributed by atoms with Crippen molar-refractivity contribution in [3.63, 3.8) is 0 Å². The lowest BCUT2D eigenvalue weighted by molar-refractivity contribution is 0.447. The highest BCUT2D eigenvalue weighted by Gasteiger charge is 2.26. The molecule has 1 fully saturated rings. The van der Waals surface area contributed by atoms with Gasteiger partial charge in [0.15, 0.2) is 0 Å². The minimum atomic E-state index is 0.353. The molecule has 2 heterocycles. The van der Waals surface area contributed by atoms with E-state index in [1.807, 2.05) is 13.1 Å². The molecule has 1 saturated heterocycles. The smallest absolute Gasteiger partial charge is 0.222 e. The van der Waals surface area contributed by atoms with Gasteiger partial charge in [0.2, 0.25) is 5.95 Å². The SMILES string of the molecule is CNC1CN(c2cc(CNCCCCc3ccccc3)nc(N)n2)C1. The van der Waals surface area contributed by atoms with Crippen molar-refractivity contribution in [2.24, 2.45) is 0 Å². The zero-order chi connectivity index (χ0) is 17.5. The molecule has 2 aromatic rings. The monoisotopic (exact) mass is 340 g/mol. The molecule has 3 rings (SSSR count). The molecule has 0 atom stereocenters. The van der Waals surface area contributed by atoms with E-state index >= 15 is 0 Å². The van der Waals surface area contributed by atoms with Crippen LogP contribution in [0.3, 0.4) is 0 Å². The van der Waals surface area contributed by atoms with Crippen molar-refractivity contribution >= 4 is 11.8 Å². The number of benzene rings is 1. The molecule has 4 N–H and O–H groups in total. The van der Waals surface area contributed by atoms with Gasteiger partial charge in [0.25, 0.3) is 0 Å². The molecule has 6 nitrogen and oxygen atoms in total. The van der Waals surface area contributed by atoms with Gasteiger partial charge in [-0.25, -0.2) is 4.98 Å². The molecule has 0 aliphatic carbocycles. The molecular weight excluding hydrogens is 312 g/mol. The van der Waals surface area contributed by atoms with Crippen LogP contribution in [0.5, 0.6) is 0 Å². The van der Waals surface area contributed by atoms with Crippen LogP contribution in [0.1, 0.15) is 24.1 Å². The summed E-state index contributed by atoms with van der Waals surface area (Å²) in [4.78, 5) is 10.9. The Bertz CT molecular complexity index is 654. The van der Waals surface area contributed by atoms with Crippen LogP contribution in [0, 0.1) is 0 Å². The first-order valence-electron chi connectivity index (χ1n) is 9.05. The van der Waals surface area contributed by atoms with Crippen molar-refractivity contribution in [3.8, 4) is 0 Å². The first-order valence-corrected chi connectivity index (χ1v) is 9.05. The largest absolute Gasteiger partial charge is 0.368 e. The molecule has 6 heteroatoms. The number of aryl methyl sites for hydroxylation is 1. The summed E-state index contributed by atoms with van der Waals surface area (Å²) in [6.07, 6.45) is 3.47. The fourth-order valence-electron chi connectivity index (χ4n) is 3.04. The topological polar surface area (TPSA) is 79.1 Å². The summed E-state index contributed by atoms with van der Waals surface area (Å²) in [5, 5.41) is 6.73. The molecular formula is C19H28N6. The lowest BCUT2D eigenvalue weighted by atomic mass is 10.1. The number of hydrogen-bond donors (Lipinski definition) is 3. The standard InChI is InChI=1S/C19H28N6/c1-21-17-13-25(14-17)18-11-16(23-19(20)24-18)12-22-10-6-5-9-15-7-3-2-4-8-15/h2-4,7-8,11,17,21-22H,5-6,9-10,12-14H2,1H3,(H2,20,23,24). The van der Waals surface area contributed by atoms with Crippen molar-refractivity contribution in [1.29, 1.82) is 0 Å². The molecule has 0 radical (unpaired) electrons. The first kappa shape index (κ1) is 17.6. The third-order valence-electron chi connectivity index (χ3n) is 4.61. The Morgan fingerprint density at radius 3 is 2.72 bits per heavy atom. The van der Waals surface area contributed by atoms with Crippen LogP contribution < -0.4 is 21.3 Å². The third kappa shape index (κ3) is 5.14. The Balaban J connectivity index is 1.38. The van der Waals surface area contributed by atoms with Gasteiger partial charge in [-0.3, -0.25) is 0 Å². The van der Waals surface area contributed by atoms with Crippen molar-refractivity contribution < 1.29 is 0 Å². The van der Waals surface area contributed by atoms with Crippen LogP contribution in [0.4, 0.5) is 11.8 Å². The van der Waals surface area contributed by atoms with Crippen LogP contribution in [-0.4, -0.2) is 42.7 Å². The van der Waals surface area contributed by atoms with E-state index in [-0.39, 0.29) is 0 Å². The summed E-state index contributed by atoms with van der Waals surface area (Å²) in [7, 11) is 1.99. The van der Waals surface area contributed by atoms with Gasteiger partial charge >= 0.3 is 0 Å². The van der Waals surface area contributed by atoms with Crippen LogP contribution in [0.25, 0.3) is 0 Å². The fraction of sp³-hybridized carbons (Fsp3) is 0.474. The molecule has 25 heavy (non-hydrogen) atoms. The summed E-state index contributed by atoms with van der Waals surface area (Å²) in [6, 6.07) is 13.2. The van der Waals surface area contributed by atoms with Crippen molar-refractivity contribution in [3.05, 3.63) is 47.7 Å². The highest BCUT2D eigenvalue weighted by atomic mass is 15.3. The van der Waals surface area contributed by atoms with E-state index in [1.54, 1.807) is 0 Å². The quantitative estimate of drug-likeness (QED) is 0.602. The lowest BCUT2D eigenvalue weighted by Gasteiger charge is -2.40. The number of nitrogens with one attached hydrogen (secondary N) is 2. The Hall–Kier alpha value is -2.18. The Morgan fingerprint density at radius 1 is 1.16 bits per heavy atom. The van der Waals surface area contributed by atoms with E-state index in [0.29, 0.717) is 12.0 Å². The molecule has 1 aromatic carbocycles. The molecule has 0 unspecified atom stereocenters. The maximum Gasteiger partial charge on any atom is 0.222 e. The second-order valence-corrected chi connectivity index (χ2v) is 6.59. The first-order chi connectivity index (χ1) is 12.2. The van der Waals surface area contributed by atoms with Crippen LogP contribution in [0.2, 0.25) is 0 Å². The van der Waals surface area contributed by atoms with Crippen molar-refractivity contribution in [2.45, 2.75) is 31.8 Å². The highest BCUT2D eigenvalue weighted by molar-refractivity contribution is 5.46. The van der Waals surface area contributed by atoms with E-state index < -0.39 is 0 Å². The summed E-state index contributed by atoms with van der Waals surface area (Å²) in [6.45, 7) is 3.66. The lowest BCUT2D eigenvalue weighted by Crippen LogP contribution is -2.57. The molecule has 134 valence electrons. The summed E-state index contributed by atoms with van der Waals surface area (Å²) >= 11 is 0. The second kappa shape index (κ2) is 8.78. The minimum Gasteiger partial charge on any atom is -0.368 e. The second-order valence-electron chi connectivity index (χ2n) is 6.59. The number of likely N-dealkylation sites (N-methyl/N-ethyl adjacent to an activating group) is 1. The molecule has 0 amide bonds. The van der Waals surface area contributed by atoms with Crippen LogP contribution in [0.15, 0.2) is 36.4 Å². The number of nitrogens with two attached hydrogens (primary N) is 1. The van der Waals surface area contributed by atoms with Gasteiger partial charge in [-0.15, -0.1) is 0 Å². The summed E-state index contributed by atoms with van der Waals surface area (Å²) in [5.41, 5.74) is 8.23. The molecule has 1 aromatic heterocycles. The fourth-order valence-corrected chi connectivity index (χ4v) is 3.04. The number of anilines is 2. The normalized spacial score (nSPS) is 14.5. The van der Waals surface area contributed by atoms with Gasteiger partial charge in [-0.05, 0) is 38.4 Å². The number of unbranched alkanes of at least 4 members (excludes halogenated alkanes) is 1. The maximum atomic E-state index is 5.87. The highest BCUT2D eigenvalue weighted by Crippen LogP contribution is 2.20. The van der Waals surface area contributed by atoms with Crippen molar-refractivity contribution in [1.82, 2.24) is 20.6 Å². The van der Waals surface area contributed by atoms with E-state index in [9.17, 15) is 0 Å². The molecule has 1 aliphatic rings. The Labute approximate surface area is 149 Å². The van der Waals surface area contributed by atoms with Gasteiger partial charge in [0.1, 0.15) is 5.82 Å². The number of hydrogen-bond acceptors (Lipinski definition) is 6. The average Bonchev–Trinajstić information content (AvgIpc) is 2.57. The predicted octanol–water partition coefficient (Wildman–Crippen LogP) is 1.58. The van der Waals surface area contributed by atoms with E-state index in [0.717, 1.165) is 50.5 Å². The Kier molecular flexibility index (Phi) is 6.19.